The molecule has 3 atom stereocenters. The number of nitrogens with one attached hydrogen (secondary N) is 2. The minimum absolute atomic E-state index is 0. The molecule has 0 radical (unpaired) electrons. The summed E-state index contributed by atoms with van der Waals surface area (Å²) < 4.78 is 11.4. The second-order valence-corrected chi connectivity index (χ2v) is 19.3. The zero-order valence-electron chi connectivity index (χ0n) is 41.7. The van der Waals surface area contributed by atoms with Gasteiger partial charge in [0.05, 0.1) is 5.75 Å². The van der Waals surface area contributed by atoms with Crippen LogP contribution in [-0.2, 0) is 38.2 Å². The van der Waals surface area contributed by atoms with E-state index in [4.69, 9.17) is 14.6 Å². The molecule has 388 valence electrons. The lowest BCUT2D eigenvalue weighted by Gasteiger charge is -2.18. The number of thioether (sulfide) groups is 1. The van der Waals surface area contributed by atoms with Crippen molar-refractivity contribution in [3.05, 3.63) is 0 Å². The lowest BCUT2D eigenvalue weighted by Crippen LogP contribution is -3.00. The van der Waals surface area contributed by atoms with Gasteiger partial charge in [0, 0.05) is 38.0 Å². The van der Waals surface area contributed by atoms with Gasteiger partial charge < -0.3 is 48.5 Å². The average molecular weight is 979 g/mol. The van der Waals surface area contributed by atoms with Crippen LogP contribution < -0.4 is 28.8 Å². The molecule has 0 aliphatic heterocycles. The van der Waals surface area contributed by atoms with Crippen LogP contribution in [0.5, 0.6) is 0 Å². The van der Waals surface area contributed by atoms with Gasteiger partial charge in [-0.05, 0) is 32.1 Å². The van der Waals surface area contributed by atoms with Crippen molar-refractivity contribution in [3.63, 3.8) is 0 Å². The number of aliphatic carboxylic acids is 2. The molecule has 0 aromatic heterocycles. The Labute approximate surface area is 410 Å². The molecule has 0 bridgehead atoms. The quantitative estimate of drug-likeness (QED) is 0.0295. The maximum absolute atomic E-state index is 12.9. The Hall–Kier alpha value is -2.58. The molecule has 0 fully saturated rings. The van der Waals surface area contributed by atoms with E-state index in [1.807, 2.05) is 0 Å². The van der Waals surface area contributed by atoms with Gasteiger partial charge in [-0.2, -0.15) is 11.8 Å². The molecular formula is C51H96ClN3O10S. The van der Waals surface area contributed by atoms with E-state index in [0.29, 0.717) is 37.3 Å². The highest BCUT2D eigenvalue weighted by Crippen LogP contribution is 2.16. The molecule has 0 aromatic rings. The molecule has 0 aliphatic carbocycles. The van der Waals surface area contributed by atoms with Crippen molar-refractivity contribution in [2.45, 2.75) is 263 Å². The van der Waals surface area contributed by atoms with Crippen LogP contribution in [0.2, 0.25) is 0 Å². The van der Waals surface area contributed by atoms with Crippen LogP contribution >= 0.6 is 11.8 Å². The highest BCUT2D eigenvalue weighted by Gasteiger charge is 2.22. The van der Waals surface area contributed by atoms with Crippen molar-refractivity contribution >= 4 is 47.5 Å². The van der Waals surface area contributed by atoms with Gasteiger partial charge in [-0.3, -0.25) is 24.0 Å². The molecule has 0 spiro atoms. The van der Waals surface area contributed by atoms with E-state index in [1.54, 1.807) is 0 Å². The summed E-state index contributed by atoms with van der Waals surface area (Å²) in [6.45, 7) is 5.00. The highest BCUT2D eigenvalue weighted by atomic mass is 35.5. The molecule has 0 heterocycles. The third kappa shape index (κ3) is 45.2. The van der Waals surface area contributed by atoms with E-state index in [1.165, 1.54) is 140 Å². The van der Waals surface area contributed by atoms with Gasteiger partial charge >= 0.3 is 23.9 Å². The topological polar surface area (TPSA) is 213 Å². The number of esters is 2. The van der Waals surface area contributed by atoms with Crippen LogP contribution in [0.3, 0.4) is 0 Å². The first-order valence-corrected chi connectivity index (χ1v) is 27.4. The first-order valence-electron chi connectivity index (χ1n) is 26.3. The average Bonchev–Trinajstić information content (AvgIpc) is 3.27. The van der Waals surface area contributed by atoms with Gasteiger partial charge in [0.25, 0.3) is 5.91 Å². The number of rotatable bonds is 49. The van der Waals surface area contributed by atoms with Gasteiger partial charge in [0.15, 0.2) is 6.04 Å². The molecule has 7 N–H and O–H groups in total. The maximum Gasteiger partial charge on any atom is 0.326 e. The summed E-state index contributed by atoms with van der Waals surface area (Å²) in [5.41, 5.74) is 4.03. The van der Waals surface area contributed by atoms with E-state index in [-0.39, 0.29) is 56.1 Å². The second kappa shape index (κ2) is 48.9. The number of halogens is 1. The Morgan fingerprint density at radius 1 is 0.530 bits per heavy atom. The SMILES string of the molecule is CCCCCCCCCCCCCCCC(=O)OC[C@H](CSC[C@H]([NH3+])C(=O)NCCCCCCCC(=O)N[C@@H](CCC(=O)O)C(=O)O)OC(=O)CCCCCCCCCCCCCCC.[Cl-]. The molecule has 13 nitrogen and oxygen atoms in total. The van der Waals surface area contributed by atoms with Crippen molar-refractivity contribution in [3.8, 4) is 0 Å². The fourth-order valence-corrected chi connectivity index (χ4v) is 8.70. The van der Waals surface area contributed by atoms with Crippen LogP contribution in [0, 0.1) is 0 Å². The smallest absolute Gasteiger partial charge is 0.326 e. The van der Waals surface area contributed by atoms with E-state index in [0.717, 1.165) is 64.2 Å². The number of carboxylic acids is 2. The van der Waals surface area contributed by atoms with Gasteiger partial charge in [0.2, 0.25) is 5.91 Å². The van der Waals surface area contributed by atoms with Gasteiger partial charge in [-0.15, -0.1) is 0 Å². The molecular weight excluding hydrogens is 882 g/mol. The zero-order chi connectivity index (χ0) is 48.0. The predicted molar refractivity (Wildman–Crippen MR) is 263 cm³/mol. The Bertz CT molecular complexity index is 1220. The molecule has 0 saturated carbocycles. The molecule has 0 unspecified atom stereocenters. The molecule has 0 rings (SSSR count). The van der Waals surface area contributed by atoms with E-state index >= 15 is 0 Å². The van der Waals surface area contributed by atoms with Crippen molar-refractivity contribution in [2.24, 2.45) is 0 Å². The Morgan fingerprint density at radius 2 is 0.939 bits per heavy atom. The number of carboxylic acid groups (broad SMARTS) is 2. The van der Waals surface area contributed by atoms with Crippen LogP contribution in [0.4, 0.5) is 0 Å². The van der Waals surface area contributed by atoms with Gasteiger partial charge in [-0.1, -0.05) is 187 Å². The predicted octanol–water partition coefficient (Wildman–Crippen LogP) is 7.64. The van der Waals surface area contributed by atoms with E-state index < -0.39 is 36.0 Å². The third-order valence-electron chi connectivity index (χ3n) is 11.9. The zero-order valence-corrected chi connectivity index (χ0v) is 43.2. The maximum atomic E-state index is 12.9. The molecule has 15 heteroatoms. The summed E-state index contributed by atoms with van der Waals surface area (Å²) in [5, 5.41) is 23.3. The largest absolute Gasteiger partial charge is 1.00 e. The molecule has 66 heavy (non-hydrogen) atoms. The monoisotopic (exact) mass is 978 g/mol. The van der Waals surface area contributed by atoms with Crippen molar-refractivity contribution in [1.82, 2.24) is 10.6 Å². The fraction of sp³-hybridized carbons (Fsp3) is 0.882. The first kappa shape index (κ1) is 65.5. The minimum atomic E-state index is -1.25. The summed E-state index contributed by atoms with van der Waals surface area (Å²) in [7, 11) is 0. The number of ether oxygens (including phenoxy) is 2. The number of hydrogen-bond acceptors (Lipinski definition) is 9. The van der Waals surface area contributed by atoms with E-state index in [9.17, 15) is 33.9 Å². The minimum Gasteiger partial charge on any atom is -1.00 e. The van der Waals surface area contributed by atoms with E-state index in [2.05, 4.69) is 30.2 Å². The normalized spacial score (nSPS) is 12.4. The molecule has 0 saturated heterocycles. The van der Waals surface area contributed by atoms with Crippen molar-refractivity contribution in [1.29, 1.82) is 0 Å². The number of carbonyl (C=O) groups is 6. The Kier molecular flexibility index (Phi) is 48.5. The summed E-state index contributed by atoms with van der Waals surface area (Å²) in [6.07, 6.45) is 35.6. The highest BCUT2D eigenvalue weighted by molar-refractivity contribution is 7.99. The number of carbonyl (C=O) groups excluding carboxylic acids is 4. The van der Waals surface area contributed by atoms with Crippen LogP contribution in [0.15, 0.2) is 0 Å². The summed E-state index contributed by atoms with van der Waals surface area (Å²) >= 11 is 1.46. The van der Waals surface area contributed by atoms with Crippen LogP contribution in [-0.4, -0.2) is 88.7 Å². The summed E-state index contributed by atoms with van der Waals surface area (Å²) in [4.78, 5) is 72.4. The lowest BCUT2D eigenvalue weighted by molar-refractivity contribution is -0.396. The van der Waals surface area contributed by atoms with Gasteiger partial charge in [-0.25, -0.2) is 4.79 Å². The van der Waals surface area contributed by atoms with Crippen LogP contribution in [0.25, 0.3) is 0 Å². The van der Waals surface area contributed by atoms with Crippen LogP contribution in [0.1, 0.15) is 245 Å². The number of unbranched alkanes of at least 4 members (excludes halogenated alkanes) is 28. The number of hydrogen-bond donors (Lipinski definition) is 5. The first-order chi connectivity index (χ1) is 31.5. The third-order valence-corrected chi connectivity index (χ3v) is 13.1. The number of quaternary nitrogens is 1. The lowest BCUT2D eigenvalue weighted by atomic mass is 10.0. The summed E-state index contributed by atoms with van der Waals surface area (Å²) in [5.74, 6) is -2.67. The summed E-state index contributed by atoms with van der Waals surface area (Å²) in [6, 6.07) is -1.72. The van der Waals surface area contributed by atoms with Crippen molar-refractivity contribution < 1.29 is 66.6 Å². The fourth-order valence-electron chi connectivity index (χ4n) is 7.70. The molecule has 2 amide bonds. The molecule has 0 aliphatic rings. The molecule has 0 aromatic carbocycles. The Balaban J connectivity index is 0. The van der Waals surface area contributed by atoms with Crippen molar-refractivity contribution in [2.75, 3.05) is 24.7 Å². The second-order valence-electron chi connectivity index (χ2n) is 18.2. The standard InChI is InChI=1S/C51H95N3O10S.ClH/c1-3-5-7-9-11-13-15-17-19-21-23-27-31-35-48(58)63-40-43(64-49(59)36-32-28-24-22-20-18-16-14-12-10-8-6-4-2)41-65-42-44(52)50(60)53-39-33-29-25-26-30-34-46(55)54-45(51(61)62)37-38-47(56)57;/h43-45H,3-42,52H2,1-2H3,(H,53,60)(H,54,55)(H,56,57)(H,61,62);1H/t43-,44+,45+;/m1./s1. The number of amides is 2. The van der Waals surface area contributed by atoms with Gasteiger partial charge in [0.1, 0.15) is 18.8 Å². The Morgan fingerprint density at radius 3 is 1.38 bits per heavy atom.